The highest BCUT2D eigenvalue weighted by Gasteiger charge is 2.39. The van der Waals surface area contributed by atoms with Crippen molar-refractivity contribution in [1.29, 1.82) is 0 Å². The number of carbonyl (C=O) groups excluding carboxylic acids is 9. The molecule has 3 rings (SSSR count). The van der Waals surface area contributed by atoms with Gasteiger partial charge in [0.25, 0.3) is 0 Å². The molecule has 82 heavy (non-hydrogen) atoms. The monoisotopic (exact) mass is 1150 g/mol. The van der Waals surface area contributed by atoms with Crippen molar-refractivity contribution in [3.8, 4) is 11.1 Å². The highest BCUT2D eigenvalue weighted by molar-refractivity contribution is 5.97. The van der Waals surface area contributed by atoms with Crippen molar-refractivity contribution in [2.24, 2.45) is 22.8 Å². The van der Waals surface area contributed by atoms with E-state index in [0.717, 1.165) is 43.0 Å². The number of Topliss-reactive ketones (excluding diaryl/α,β-unsaturated/α-hetero) is 1. The van der Waals surface area contributed by atoms with Gasteiger partial charge in [0, 0.05) is 74.9 Å². The summed E-state index contributed by atoms with van der Waals surface area (Å²) >= 11 is 0. The average molecular weight is 1150 g/mol. The minimum atomic E-state index is -1.72. The number of nitrogens with one attached hydrogen (secondary N) is 6. The minimum Gasteiger partial charge on any atom is -0.480 e. The number of halogens is 2. The fraction of sp³-hybridized carbons (Fsp3) is 0.552. The van der Waals surface area contributed by atoms with Crippen LogP contribution in [0.3, 0.4) is 0 Å². The van der Waals surface area contributed by atoms with Crippen LogP contribution in [0.1, 0.15) is 143 Å². The van der Waals surface area contributed by atoms with E-state index >= 15 is 4.39 Å². The Hall–Kier alpha value is -7.60. The van der Waals surface area contributed by atoms with Crippen LogP contribution in [-0.2, 0) is 54.5 Å². The van der Waals surface area contributed by atoms with Gasteiger partial charge in [-0.05, 0) is 74.3 Å². The number of carboxylic acids is 1. The van der Waals surface area contributed by atoms with Crippen LogP contribution in [0.15, 0.2) is 60.8 Å². The Morgan fingerprint density at radius 2 is 1.38 bits per heavy atom. The molecule has 0 aliphatic rings. The number of hydrogen-bond donors (Lipinski definition) is 10. The first-order valence-electron chi connectivity index (χ1n) is 27.8. The molecule has 0 saturated carbocycles. The van der Waals surface area contributed by atoms with Gasteiger partial charge >= 0.3 is 5.97 Å². The van der Waals surface area contributed by atoms with Gasteiger partial charge in [-0.25, -0.2) is 8.78 Å². The number of nitrogens with zero attached hydrogens (tertiary/aromatic N) is 2. The molecule has 1 heterocycles. The number of carboxylic acid groups (broad SMARTS) is 1. The zero-order valence-corrected chi connectivity index (χ0v) is 48.1. The standard InChI is InChI=1S/C58H84F2N10O12/c1-8-9-10-14-20-44(66-37(4)72)55(79)65-36(3)48(73)28-35(2)53(77)68-46(31-49(62)74)56(80)67-45(54(78)64-26-23-50(75)63-25-16-15-19-43(61)57(81)82)24-27-70(51(76)34-71)52(58(5,6)7)47-29-39(41-30-40(59)21-22-42(41)60)33-69(47)32-38-17-12-11-13-18-38/h11-13,17-18,21-22,29-30,33,35-36,43-46,52,71H,8-10,14-16,19-20,23-28,31-32,34,61H2,1-7H3,(H2,62,74)(H,63,75)(H,64,78)(H,65,79)(H,66,72)(H,67,80)(H,68,77)(H,81,82)/t35-,36+,43+,44+,45+,46+,52+/m1/s1. The molecule has 0 unspecified atom stereocenters. The van der Waals surface area contributed by atoms with Gasteiger partial charge in [0.1, 0.15) is 42.4 Å². The van der Waals surface area contributed by atoms with E-state index in [2.05, 4.69) is 31.9 Å². The van der Waals surface area contributed by atoms with Gasteiger partial charge in [-0.2, -0.15) is 0 Å². The number of primary amides is 1. The molecular formula is C58H84F2N10O12. The summed E-state index contributed by atoms with van der Waals surface area (Å²) in [6.07, 6.45) is 4.51. The Morgan fingerprint density at radius 3 is 2.00 bits per heavy atom. The highest BCUT2D eigenvalue weighted by Crippen LogP contribution is 2.41. The molecule has 8 amide bonds. The third kappa shape index (κ3) is 23.1. The number of aliphatic hydroxyl groups is 1. The Morgan fingerprint density at radius 1 is 0.732 bits per heavy atom. The SMILES string of the molecule is CCCCCC[C@H](NC(C)=O)C(=O)N[C@@H](C)C(=O)C[C@@H](C)C(=O)N[C@@H](CC(N)=O)C(=O)N[C@@H](CCN(C(=O)CO)[C@@H](c1cc(-c2cc(F)ccc2F)cn1Cc1ccccc1)C(C)(C)C)C(=O)NCCC(=O)NCCCC[C@H](N)C(=O)O. The molecule has 3 aromatic rings. The van der Waals surface area contributed by atoms with Crippen LogP contribution in [-0.4, -0.2) is 135 Å². The lowest BCUT2D eigenvalue weighted by molar-refractivity contribution is -0.140. The topological polar surface area (TPSA) is 344 Å². The summed E-state index contributed by atoms with van der Waals surface area (Å²) in [6.45, 7) is 10.3. The molecule has 2 aromatic carbocycles. The van der Waals surface area contributed by atoms with Crippen LogP contribution < -0.4 is 43.4 Å². The van der Waals surface area contributed by atoms with Crippen LogP contribution in [0.5, 0.6) is 0 Å². The summed E-state index contributed by atoms with van der Waals surface area (Å²) < 4.78 is 31.9. The first-order chi connectivity index (χ1) is 38.7. The number of ketones is 1. The fourth-order valence-corrected chi connectivity index (χ4v) is 9.24. The fourth-order valence-electron chi connectivity index (χ4n) is 9.24. The van der Waals surface area contributed by atoms with Crippen LogP contribution in [0.25, 0.3) is 11.1 Å². The maximum absolute atomic E-state index is 15.4. The predicted molar refractivity (Wildman–Crippen MR) is 301 cm³/mol. The zero-order chi connectivity index (χ0) is 61.3. The molecule has 0 spiro atoms. The molecule has 1 aromatic heterocycles. The number of aliphatic hydroxyl groups excluding tert-OH is 1. The molecule has 24 heteroatoms. The van der Waals surface area contributed by atoms with Crippen LogP contribution in [0.4, 0.5) is 8.78 Å². The van der Waals surface area contributed by atoms with E-state index in [1.165, 1.54) is 25.7 Å². The third-order valence-corrected chi connectivity index (χ3v) is 13.6. The molecule has 0 saturated heterocycles. The number of unbranched alkanes of at least 4 members (excludes halogenated alkanes) is 4. The molecule has 22 nitrogen and oxygen atoms in total. The molecule has 0 aliphatic heterocycles. The van der Waals surface area contributed by atoms with Gasteiger partial charge < -0.3 is 63.0 Å². The van der Waals surface area contributed by atoms with E-state index < -0.39 is 144 Å². The van der Waals surface area contributed by atoms with E-state index in [1.54, 1.807) is 16.8 Å². The Labute approximate surface area is 478 Å². The lowest BCUT2D eigenvalue weighted by Gasteiger charge is -2.41. The van der Waals surface area contributed by atoms with Crippen LogP contribution >= 0.6 is 0 Å². The summed E-state index contributed by atoms with van der Waals surface area (Å²) in [5, 5.41) is 35.0. The Kier molecular flexibility index (Phi) is 28.5. The van der Waals surface area contributed by atoms with Crippen molar-refractivity contribution in [3.05, 3.63) is 83.7 Å². The van der Waals surface area contributed by atoms with Gasteiger partial charge in [0.2, 0.25) is 47.3 Å². The Balaban J connectivity index is 1.97. The van der Waals surface area contributed by atoms with E-state index in [1.807, 2.05) is 58.0 Å². The second kappa shape index (κ2) is 34.0. The molecule has 12 N–H and O–H groups in total. The molecule has 452 valence electrons. The maximum Gasteiger partial charge on any atom is 0.320 e. The smallest absolute Gasteiger partial charge is 0.320 e. The van der Waals surface area contributed by atoms with Crippen molar-refractivity contribution in [1.82, 2.24) is 41.4 Å². The van der Waals surface area contributed by atoms with E-state index in [0.29, 0.717) is 31.4 Å². The van der Waals surface area contributed by atoms with Crippen LogP contribution in [0.2, 0.25) is 0 Å². The number of aliphatic carboxylic acids is 1. The third-order valence-electron chi connectivity index (χ3n) is 13.6. The minimum absolute atomic E-state index is 0.0623. The summed E-state index contributed by atoms with van der Waals surface area (Å²) in [6, 6.07) is 6.47. The van der Waals surface area contributed by atoms with Gasteiger partial charge in [0.05, 0.1) is 18.5 Å². The highest BCUT2D eigenvalue weighted by atomic mass is 19.1. The summed E-state index contributed by atoms with van der Waals surface area (Å²) in [4.78, 5) is 132. The summed E-state index contributed by atoms with van der Waals surface area (Å²) in [7, 11) is 0. The molecule has 0 radical (unpaired) electrons. The molecular weight excluding hydrogens is 1070 g/mol. The Bertz CT molecular complexity index is 2660. The average Bonchev–Trinajstić information content (AvgIpc) is 3.81. The lowest BCUT2D eigenvalue weighted by atomic mass is 9.82. The number of nitrogens with two attached hydrogens (primary N) is 2. The number of rotatable bonds is 36. The van der Waals surface area contributed by atoms with Crippen LogP contribution in [0, 0.1) is 23.0 Å². The number of aromatic nitrogens is 1. The molecule has 0 fully saturated rings. The lowest BCUT2D eigenvalue weighted by Crippen LogP contribution is -2.56. The first kappa shape index (κ1) is 68.7. The number of carbonyl (C=O) groups is 10. The van der Waals surface area contributed by atoms with Gasteiger partial charge in [-0.3, -0.25) is 47.9 Å². The largest absolute Gasteiger partial charge is 0.480 e. The molecule has 0 aliphatic carbocycles. The second-order valence-corrected chi connectivity index (χ2v) is 21.7. The normalized spacial score (nSPS) is 13.9. The number of benzene rings is 2. The van der Waals surface area contributed by atoms with Gasteiger partial charge in [-0.1, -0.05) is 90.6 Å². The number of hydrogen-bond acceptors (Lipinski definition) is 12. The van der Waals surface area contributed by atoms with Gasteiger partial charge in [0.15, 0.2) is 5.78 Å². The number of amides is 8. The maximum atomic E-state index is 15.4. The summed E-state index contributed by atoms with van der Waals surface area (Å²) in [5.41, 5.74) is 11.7. The first-order valence-corrected chi connectivity index (χ1v) is 27.8. The van der Waals surface area contributed by atoms with Crippen molar-refractivity contribution in [2.45, 2.75) is 168 Å². The van der Waals surface area contributed by atoms with E-state index in [9.17, 15) is 57.4 Å². The van der Waals surface area contributed by atoms with E-state index in [-0.39, 0.29) is 50.1 Å². The molecule has 0 bridgehead atoms. The summed E-state index contributed by atoms with van der Waals surface area (Å²) in [5.74, 6) is -10.4. The molecule has 7 atom stereocenters. The predicted octanol–water partition coefficient (Wildman–Crippen LogP) is 3.40. The van der Waals surface area contributed by atoms with Gasteiger partial charge in [-0.15, -0.1) is 0 Å². The quantitative estimate of drug-likeness (QED) is 0.0374. The second-order valence-electron chi connectivity index (χ2n) is 21.7. The van der Waals surface area contributed by atoms with E-state index in [4.69, 9.17) is 16.6 Å². The zero-order valence-electron chi connectivity index (χ0n) is 48.1. The van der Waals surface area contributed by atoms with Crippen molar-refractivity contribution < 1.29 is 66.9 Å². The van der Waals surface area contributed by atoms with Crippen molar-refractivity contribution in [2.75, 3.05) is 26.2 Å². The van der Waals surface area contributed by atoms with Crippen molar-refractivity contribution >= 4 is 59.0 Å². The van der Waals surface area contributed by atoms with Crippen molar-refractivity contribution in [3.63, 3.8) is 0 Å².